The summed E-state index contributed by atoms with van der Waals surface area (Å²) in [6.07, 6.45) is 3.77. The van der Waals surface area contributed by atoms with E-state index in [1.54, 1.807) is 12.1 Å². The van der Waals surface area contributed by atoms with Gasteiger partial charge in [-0.05, 0) is 31.4 Å². The highest BCUT2D eigenvalue weighted by Gasteiger charge is 2.17. The highest BCUT2D eigenvalue weighted by atomic mass is 32.2. The van der Waals surface area contributed by atoms with E-state index >= 15 is 0 Å². The molecule has 110 valence electrons. The quantitative estimate of drug-likeness (QED) is 0.459. The SMILES string of the molecule is CSc1nc2c(c(Nc3ccccc3O)n1)CCNCC2. The largest absolute Gasteiger partial charge is 0.506 e. The Balaban J connectivity index is 2.02. The van der Waals surface area contributed by atoms with Crippen molar-refractivity contribution >= 4 is 23.3 Å². The summed E-state index contributed by atoms with van der Waals surface area (Å²) in [5.41, 5.74) is 2.90. The normalized spacial score (nSPS) is 14.3. The van der Waals surface area contributed by atoms with Gasteiger partial charge in [-0.2, -0.15) is 0 Å². The van der Waals surface area contributed by atoms with Gasteiger partial charge in [0.1, 0.15) is 11.6 Å². The van der Waals surface area contributed by atoms with Crippen molar-refractivity contribution in [3.8, 4) is 5.75 Å². The number of phenolic OH excluding ortho intramolecular Hbond substituents is 1. The summed E-state index contributed by atoms with van der Waals surface area (Å²) in [6.45, 7) is 1.86. The monoisotopic (exact) mass is 302 g/mol. The lowest BCUT2D eigenvalue weighted by molar-refractivity contribution is 0.477. The number of rotatable bonds is 3. The molecule has 0 saturated heterocycles. The first-order valence-electron chi connectivity index (χ1n) is 6.97. The van der Waals surface area contributed by atoms with Gasteiger partial charge in [0, 0.05) is 18.5 Å². The van der Waals surface area contributed by atoms with Crippen LogP contribution < -0.4 is 10.6 Å². The molecule has 1 aliphatic heterocycles. The van der Waals surface area contributed by atoms with Gasteiger partial charge in [0.25, 0.3) is 0 Å². The van der Waals surface area contributed by atoms with Gasteiger partial charge in [-0.25, -0.2) is 9.97 Å². The van der Waals surface area contributed by atoms with Gasteiger partial charge in [0.05, 0.1) is 11.4 Å². The molecule has 5 nitrogen and oxygen atoms in total. The molecule has 0 amide bonds. The van der Waals surface area contributed by atoms with Crippen LogP contribution in [0.1, 0.15) is 11.3 Å². The third-order valence-electron chi connectivity index (χ3n) is 3.50. The third kappa shape index (κ3) is 3.11. The van der Waals surface area contributed by atoms with Crippen molar-refractivity contribution in [3.63, 3.8) is 0 Å². The van der Waals surface area contributed by atoms with Gasteiger partial charge in [0.15, 0.2) is 5.16 Å². The van der Waals surface area contributed by atoms with E-state index in [1.165, 1.54) is 11.8 Å². The standard InChI is InChI=1S/C15H18N4OS/c1-21-15-18-11-7-9-16-8-6-10(11)14(19-15)17-12-4-2-3-5-13(12)20/h2-5,16,20H,6-9H2,1H3,(H,17,18,19). The summed E-state index contributed by atoms with van der Waals surface area (Å²) >= 11 is 1.53. The number of benzene rings is 1. The first-order valence-corrected chi connectivity index (χ1v) is 8.20. The molecule has 3 N–H and O–H groups in total. The third-order valence-corrected chi connectivity index (χ3v) is 4.05. The first kappa shape index (κ1) is 14.2. The minimum atomic E-state index is 0.224. The van der Waals surface area contributed by atoms with Crippen molar-refractivity contribution in [1.29, 1.82) is 0 Å². The lowest BCUT2D eigenvalue weighted by Gasteiger charge is -2.14. The summed E-state index contributed by atoms with van der Waals surface area (Å²) < 4.78 is 0. The number of nitrogens with one attached hydrogen (secondary N) is 2. The molecule has 1 aromatic heterocycles. The van der Waals surface area contributed by atoms with Crippen molar-refractivity contribution < 1.29 is 5.11 Å². The van der Waals surface area contributed by atoms with Crippen LogP contribution in [-0.4, -0.2) is 34.4 Å². The molecule has 0 radical (unpaired) electrons. The first-order chi connectivity index (χ1) is 10.3. The van der Waals surface area contributed by atoms with E-state index in [4.69, 9.17) is 0 Å². The molecule has 21 heavy (non-hydrogen) atoms. The molecule has 0 bridgehead atoms. The van der Waals surface area contributed by atoms with Crippen LogP contribution in [0.4, 0.5) is 11.5 Å². The fraction of sp³-hybridized carbons (Fsp3) is 0.333. The van der Waals surface area contributed by atoms with E-state index in [1.807, 2.05) is 18.4 Å². The van der Waals surface area contributed by atoms with Gasteiger partial charge in [0.2, 0.25) is 0 Å². The second kappa shape index (κ2) is 6.32. The lowest BCUT2D eigenvalue weighted by Crippen LogP contribution is -2.16. The Morgan fingerprint density at radius 1 is 1.19 bits per heavy atom. The lowest BCUT2D eigenvalue weighted by atomic mass is 10.1. The zero-order chi connectivity index (χ0) is 14.7. The summed E-state index contributed by atoms with van der Waals surface area (Å²) in [6, 6.07) is 7.20. The molecular weight excluding hydrogens is 284 g/mol. The molecule has 0 unspecified atom stereocenters. The van der Waals surface area contributed by atoms with Crippen molar-refractivity contribution in [1.82, 2.24) is 15.3 Å². The van der Waals surface area contributed by atoms with Crippen LogP contribution in [-0.2, 0) is 12.8 Å². The van der Waals surface area contributed by atoms with E-state index in [-0.39, 0.29) is 5.75 Å². The van der Waals surface area contributed by atoms with Crippen LogP contribution in [0.5, 0.6) is 5.75 Å². The zero-order valence-corrected chi connectivity index (χ0v) is 12.7. The smallest absolute Gasteiger partial charge is 0.189 e. The number of thioether (sulfide) groups is 1. The molecule has 6 heteroatoms. The van der Waals surface area contributed by atoms with E-state index in [0.29, 0.717) is 5.69 Å². The second-order valence-electron chi connectivity index (χ2n) is 4.88. The fourth-order valence-corrected chi connectivity index (χ4v) is 2.81. The molecule has 0 saturated carbocycles. The molecule has 0 spiro atoms. The highest BCUT2D eigenvalue weighted by Crippen LogP contribution is 2.29. The molecule has 0 atom stereocenters. The Morgan fingerprint density at radius 2 is 2.00 bits per heavy atom. The van der Waals surface area contributed by atoms with E-state index in [9.17, 15) is 5.11 Å². The van der Waals surface area contributed by atoms with Gasteiger partial charge in [-0.3, -0.25) is 0 Å². The predicted octanol–water partition coefficient (Wildman–Crippen LogP) is 2.34. The molecule has 1 aromatic carbocycles. The van der Waals surface area contributed by atoms with E-state index in [0.717, 1.165) is 48.2 Å². The van der Waals surface area contributed by atoms with Crippen LogP contribution in [0.15, 0.2) is 29.4 Å². The number of hydrogen-bond acceptors (Lipinski definition) is 6. The molecule has 0 fully saturated rings. The predicted molar refractivity (Wildman–Crippen MR) is 85.5 cm³/mol. The van der Waals surface area contributed by atoms with Gasteiger partial charge < -0.3 is 15.7 Å². The Morgan fingerprint density at radius 3 is 2.81 bits per heavy atom. The Bertz CT molecular complexity index is 648. The second-order valence-corrected chi connectivity index (χ2v) is 5.65. The van der Waals surface area contributed by atoms with Gasteiger partial charge in [-0.1, -0.05) is 23.9 Å². The number of para-hydroxylation sites is 2. The van der Waals surface area contributed by atoms with Crippen molar-refractivity contribution in [2.45, 2.75) is 18.0 Å². The molecule has 2 heterocycles. The number of fused-ring (bicyclic) bond motifs is 1. The minimum Gasteiger partial charge on any atom is -0.506 e. The number of anilines is 2. The number of hydrogen-bond donors (Lipinski definition) is 3. The molecule has 0 aliphatic carbocycles. The summed E-state index contributed by atoms with van der Waals surface area (Å²) in [5, 5.41) is 17.3. The van der Waals surface area contributed by atoms with Crippen LogP contribution in [0, 0.1) is 0 Å². The maximum atomic E-state index is 9.93. The summed E-state index contributed by atoms with van der Waals surface area (Å²) in [5.74, 6) is 1.02. The van der Waals surface area contributed by atoms with E-state index < -0.39 is 0 Å². The van der Waals surface area contributed by atoms with Crippen LogP contribution >= 0.6 is 11.8 Å². The number of aromatic hydroxyl groups is 1. The Labute approximate surface area is 128 Å². The van der Waals surface area contributed by atoms with Crippen molar-refractivity contribution in [3.05, 3.63) is 35.5 Å². The average molecular weight is 302 g/mol. The number of aromatic nitrogens is 2. The highest BCUT2D eigenvalue weighted by molar-refractivity contribution is 7.98. The molecule has 1 aliphatic rings. The Kier molecular flexibility index (Phi) is 4.26. The fourth-order valence-electron chi connectivity index (χ4n) is 2.42. The maximum absolute atomic E-state index is 9.93. The average Bonchev–Trinajstić information content (AvgIpc) is 2.74. The van der Waals surface area contributed by atoms with Gasteiger partial charge >= 0.3 is 0 Å². The summed E-state index contributed by atoms with van der Waals surface area (Å²) in [7, 11) is 0. The van der Waals surface area contributed by atoms with Crippen molar-refractivity contribution in [2.75, 3.05) is 24.7 Å². The maximum Gasteiger partial charge on any atom is 0.189 e. The van der Waals surface area contributed by atoms with Crippen LogP contribution in [0.2, 0.25) is 0 Å². The Hall–Kier alpha value is -1.79. The van der Waals surface area contributed by atoms with Crippen molar-refractivity contribution in [2.24, 2.45) is 0 Å². The van der Waals surface area contributed by atoms with Crippen LogP contribution in [0.25, 0.3) is 0 Å². The zero-order valence-electron chi connectivity index (χ0n) is 11.9. The topological polar surface area (TPSA) is 70.1 Å². The number of phenols is 1. The van der Waals surface area contributed by atoms with Gasteiger partial charge in [-0.15, -0.1) is 0 Å². The summed E-state index contributed by atoms with van der Waals surface area (Å²) in [4.78, 5) is 9.21. The number of nitrogens with zero attached hydrogens (tertiary/aromatic N) is 2. The molecule has 2 aromatic rings. The molecular formula is C15H18N4OS. The van der Waals surface area contributed by atoms with Crippen LogP contribution in [0.3, 0.4) is 0 Å². The minimum absolute atomic E-state index is 0.224. The molecule has 3 rings (SSSR count). The van der Waals surface area contributed by atoms with E-state index in [2.05, 4.69) is 20.6 Å².